The Bertz CT molecular complexity index is 1070. The number of hydrogen-bond acceptors (Lipinski definition) is 8. The van der Waals surface area contributed by atoms with E-state index in [1.165, 1.54) is 6.92 Å². The predicted molar refractivity (Wildman–Crippen MR) is 150 cm³/mol. The first-order valence-electron chi connectivity index (χ1n) is 11.8. The molecule has 0 radical (unpaired) electrons. The van der Waals surface area contributed by atoms with Crippen molar-refractivity contribution < 1.29 is 28.7 Å². The summed E-state index contributed by atoms with van der Waals surface area (Å²) in [5, 5.41) is 1.12. The molecule has 2 fully saturated rings. The van der Waals surface area contributed by atoms with Crippen LogP contribution in [-0.2, 0) is 30.5 Å². The summed E-state index contributed by atoms with van der Waals surface area (Å²) in [6.45, 7) is 2.05. The van der Waals surface area contributed by atoms with Crippen LogP contribution in [0, 0.1) is 0 Å². The fourth-order valence-corrected chi connectivity index (χ4v) is 5.80. The maximum Gasteiger partial charge on any atom is 0.369 e. The van der Waals surface area contributed by atoms with Gasteiger partial charge in [-0.15, -0.1) is 0 Å². The molecule has 1 aromatic rings. The quantitative estimate of drug-likeness (QED) is 0.174. The van der Waals surface area contributed by atoms with Crippen LogP contribution in [-0.4, -0.2) is 73.1 Å². The molecular weight excluding hydrogens is 645 g/mol. The number of allylic oxidation sites excluding steroid dienone is 1. The van der Waals surface area contributed by atoms with E-state index in [9.17, 15) is 19.2 Å². The SMILES string of the molecule is CC(=O)NC1C(=O)N(C(C(=O)OCC(Cl)(Cl)Cl)=C(CBr)N2CCCCC2)C1SC(=O)OCc1ccccc1. The molecule has 0 aliphatic carbocycles. The lowest BCUT2D eigenvalue weighted by molar-refractivity contribution is -0.152. The van der Waals surface area contributed by atoms with E-state index in [-0.39, 0.29) is 17.6 Å². The number of rotatable bonds is 9. The molecule has 2 aliphatic rings. The number of amides is 2. The van der Waals surface area contributed by atoms with Crippen LogP contribution in [0.1, 0.15) is 31.7 Å². The van der Waals surface area contributed by atoms with E-state index >= 15 is 0 Å². The van der Waals surface area contributed by atoms with Crippen LogP contribution >= 0.6 is 62.5 Å². The Balaban J connectivity index is 1.92. The van der Waals surface area contributed by atoms with Gasteiger partial charge in [0.2, 0.25) is 9.70 Å². The third-order valence-electron chi connectivity index (χ3n) is 5.76. The minimum atomic E-state index is -1.87. The predicted octanol–water partition coefficient (Wildman–Crippen LogP) is 4.74. The molecule has 0 aromatic heterocycles. The maximum atomic E-state index is 13.4. The van der Waals surface area contributed by atoms with Crippen molar-refractivity contribution >= 4 is 85.6 Å². The minimum Gasteiger partial charge on any atom is -0.456 e. The van der Waals surface area contributed by atoms with Crippen molar-refractivity contribution in [3.05, 3.63) is 47.3 Å². The highest BCUT2D eigenvalue weighted by Gasteiger charge is 2.54. The molecule has 2 aliphatic heterocycles. The van der Waals surface area contributed by atoms with E-state index in [1.54, 1.807) is 12.1 Å². The van der Waals surface area contributed by atoms with Crippen LogP contribution in [0.15, 0.2) is 41.7 Å². The number of benzene rings is 1. The van der Waals surface area contributed by atoms with Crippen LogP contribution in [0.5, 0.6) is 0 Å². The fraction of sp³-hybridized carbons (Fsp3) is 0.500. The first-order valence-corrected chi connectivity index (χ1v) is 14.9. The number of carbonyl (C=O) groups excluding carboxylic acids is 4. The molecule has 38 heavy (non-hydrogen) atoms. The molecule has 2 saturated heterocycles. The summed E-state index contributed by atoms with van der Waals surface area (Å²) in [6.07, 6.45) is 2.84. The monoisotopic (exact) mass is 669 g/mol. The van der Waals surface area contributed by atoms with Gasteiger partial charge >= 0.3 is 11.3 Å². The summed E-state index contributed by atoms with van der Waals surface area (Å²) < 4.78 is 8.78. The molecule has 1 N–H and O–H groups in total. The first-order chi connectivity index (χ1) is 18.0. The molecule has 208 valence electrons. The highest BCUT2D eigenvalue weighted by atomic mass is 79.9. The Morgan fingerprint density at radius 1 is 1.11 bits per heavy atom. The number of β-lactam (4-membered cyclic amide) rings is 1. The van der Waals surface area contributed by atoms with Gasteiger partial charge < -0.3 is 19.7 Å². The maximum absolute atomic E-state index is 13.4. The Hall–Kier alpha value is -1.66. The molecule has 14 heteroatoms. The highest BCUT2D eigenvalue weighted by Crippen LogP contribution is 2.38. The Kier molecular flexibility index (Phi) is 11.5. The number of nitrogens with one attached hydrogen (secondary N) is 1. The standard InChI is InChI=1S/C24H27BrCl3N3O6S/c1-15(32)29-18-20(33)31(21(18)38-23(35)36-13-16-8-4-2-5-9-16)19(22(34)37-14-24(26,27)28)17(12-25)30-10-6-3-7-11-30/h2,4-5,8-9,18,21H,3,6-7,10-14H2,1H3,(H,29,32). The van der Waals surface area contributed by atoms with Gasteiger partial charge in [0.1, 0.15) is 24.6 Å². The minimum absolute atomic E-state index is 0.0204. The number of piperidine rings is 1. The molecule has 2 amide bonds. The lowest BCUT2D eigenvalue weighted by Crippen LogP contribution is -2.70. The molecule has 2 atom stereocenters. The van der Waals surface area contributed by atoms with E-state index < -0.39 is 44.9 Å². The summed E-state index contributed by atoms with van der Waals surface area (Å²) in [5.41, 5.74) is 1.19. The zero-order chi connectivity index (χ0) is 27.9. The van der Waals surface area contributed by atoms with Crippen molar-refractivity contribution in [2.45, 2.75) is 48.0 Å². The molecular formula is C24H27BrCl3N3O6S. The van der Waals surface area contributed by atoms with Gasteiger partial charge in [0.05, 0.1) is 5.70 Å². The summed E-state index contributed by atoms with van der Waals surface area (Å²) in [5.74, 6) is -1.94. The second-order valence-electron chi connectivity index (χ2n) is 8.59. The van der Waals surface area contributed by atoms with Crippen molar-refractivity contribution in [2.24, 2.45) is 0 Å². The summed E-state index contributed by atoms with van der Waals surface area (Å²) in [7, 11) is 0. The van der Waals surface area contributed by atoms with Gasteiger partial charge in [-0.2, -0.15) is 0 Å². The number of esters is 1. The number of halogens is 4. The molecule has 2 unspecified atom stereocenters. The van der Waals surface area contributed by atoms with E-state index in [4.69, 9.17) is 44.3 Å². The number of thioether (sulfide) groups is 1. The van der Waals surface area contributed by atoms with E-state index in [0.717, 1.165) is 29.7 Å². The van der Waals surface area contributed by atoms with E-state index in [2.05, 4.69) is 21.2 Å². The first kappa shape index (κ1) is 30.9. The average Bonchev–Trinajstić information content (AvgIpc) is 2.89. The number of carbonyl (C=O) groups is 4. The van der Waals surface area contributed by atoms with Crippen molar-refractivity contribution in [1.82, 2.24) is 15.1 Å². The zero-order valence-corrected chi connectivity index (χ0v) is 25.1. The van der Waals surface area contributed by atoms with Crippen molar-refractivity contribution in [3.63, 3.8) is 0 Å². The zero-order valence-electron chi connectivity index (χ0n) is 20.5. The van der Waals surface area contributed by atoms with Gasteiger partial charge in [-0.3, -0.25) is 14.5 Å². The second-order valence-corrected chi connectivity index (χ2v) is 12.7. The Labute approximate surface area is 248 Å². The largest absolute Gasteiger partial charge is 0.456 e. The molecule has 0 spiro atoms. The lowest BCUT2D eigenvalue weighted by Gasteiger charge is -2.47. The van der Waals surface area contributed by atoms with E-state index in [1.807, 2.05) is 23.1 Å². The second kappa shape index (κ2) is 14.1. The van der Waals surface area contributed by atoms with E-state index in [0.29, 0.717) is 30.5 Å². The molecule has 1 aromatic carbocycles. The smallest absolute Gasteiger partial charge is 0.369 e. The lowest BCUT2D eigenvalue weighted by atomic mass is 10.0. The van der Waals surface area contributed by atoms with Gasteiger partial charge in [0.15, 0.2) is 5.70 Å². The van der Waals surface area contributed by atoms with Crippen LogP contribution in [0.2, 0.25) is 0 Å². The molecule has 9 nitrogen and oxygen atoms in total. The van der Waals surface area contributed by atoms with Gasteiger partial charge in [-0.25, -0.2) is 9.59 Å². The summed E-state index contributed by atoms with van der Waals surface area (Å²) in [4.78, 5) is 54.4. The molecule has 3 rings (SSSR count). The molecule has 2 heterocycles. The third-order valence-corrected chi connectivity index (χ3v) is 7.65. The normalized spacial score (nSPS) is 20.3. The van der Waals surface area contributed by atoms with Crippen LogP contribution < -0.4 is 5.32 Å². The number of nitrogens with zero attached hydrogens (tertiary/aromatic N) is 2. The number of likely N-dealkylation sites (tertiary alicyclic amines) is 2. The van der Waals surface area contributed by atoms with Crippen LogP contribution in [0.25, 0.3) is 0 Å². The van der Waals surface area contributed by atoms with Crippen LogP contribution in [0.3, 0.4) is 0 Å². The van der Waals surface area contributed by atoms with Crippen LogP contribution in [0.4, 0.5) is 4.79 Å². The number of hydrogen-bond donors (Lipinski definition) is 1. The highest BCUT2D eigenvalue weighted by molar-refractivity contribution is 9.09. The number of ether oxygens (including phenoxy) is 2. The van der Waals surface area contributed by atoms with Gasteiger partial charge in [-0.05, 0) is 36.6 Å². The Morgan fingerprint density at radius 2 is 1.76 bits per heavy atom. The van der Waals surface area contributed by atoms with Crippen molar-refractivity contribution in [3.8, 4) is 0 Å². The molecule has 0 saturated carbocycles. The van der Waals surface area contributed by atoms with Gasteiger partial charge in [0, 0.05) is 25.3 Å². The summed E-state index contributed by atoms with van der Waals surface area (Å²) >= 11 is 21.5. The van der Waals surface area contributed by atoms with Gasteiger partial charge in [0.25, 0.3) is 5.91 Å². The summed E-state index contributed by atoms with van der Waals surface area (Å²) in [6, 6.07) is 8.03. The molecule has 0 bridgehead atoms. The van der Waals surface area contributed by atoms with Crippen molar-refractivity contribution in [2.75, 3.05) is 25.0 Å². The Morgan fingerprint density at radius 3 is 2.34 bits per heavy atom. The number of alkyl halides is 4. The fourth-order valence-electron chi connectivity index (χ4n) is 4.06. The topological polar surface area (TPSA) is 105 Å². The van der Waals surface area contributed by atoms with Gasteiger partial charge in [-0.1, -0.05) is 81.1 Å². The van der Waals surface area contributed by atoms with Crippen molar-refractivity contribution in [1.29, 1.82) is 0 Å². The third kappa shape index (κ3) is 8.42. The average molecular weight is 672 g/mol.